The topological polar surface area (TPSA) is 41.6 Å². The fraction of sp³-hybridized carbons (Fsp3) is 0.409. The van der Waals surface area contributed by atoms with E-state index in [1.807, 2.05) is 49.4 Å². The van der Waals surface area contributed by atoms with E-state index in [-0.39, 0.29) is 5.91 Å². The number of benzene rings is 2. The molecule has 5 heteroatoms. The molecule has 0 aliphatic carbocycles. The second-order valence-electron chi connectivity index (χ2n) is 7.05. The van der Waals surface area contributed by atoms with Gasteiger partial charge in [0.2, 0.25) is 0 Å². The number of anilines is 1. The molecule has 1 aliphatic rings. The zero-order valence-corrected chi connectivity index (χ0v) is 18.0. The molecule has 1 N–H and O–H groups in total. The third-order valence-electron chi connectivity index (χ3n) is 4.88. The Balaban J connectivity index is 1.43. The average molecular weight is 478 g/mol. The minimum atomic E-state index is -0.0943. The Hall–Kier alpha value is -1.60. The number of hydrogen-bond donors (Lipinski definition) is 1. The Morgan fingerprint density at radius 1 is 1.11 bits per heavy atom. The maximum absolute atomic E-state index is 12.4. The number of nitrogens with zero attached hydrogens (tertiary/aromatic N) is 1. The number of aryl methyl sites for hydroxylation is 1. The average Bonchev–Trinajstić information content (AvgIpc) is 2.69. The third kappa shape index (κ3) is 6.21. The number of carbonyl (C=O) groups excluding carboxylic acids is 1. The highest BCUT2D eigenvalue weighted by atomic mass is 127. The molecule has 0 aromatic heterocycles. The van der Waals surface area contributed by atoms with Gasteiger partial charge < -0.3 is 15.0 Å². The van der Waals surface area contributed by atoms with Crippen LogP contribution in [0, 0.1) is 10.5 Å². The monoisotopic (exact) mass is 478 g/mol. The number of nitrogens with one attached hydrogen (secondary N) is 1. The molecule has 2 aromatic carbocycles. The van der Waals surface area contributed by atoms with Crippen LogP contribution in [0.25, 0.3) is 0 Å². The summed E-state index contributed by atoms with van der Waals surface area (Å²) in [6, 6.07) is 13.3. The van der Waals surface area contributed by atoms with Gasteiger partial charge in [-0.25, -0.2) is 0 Å². The van der Waals surface area contributed by atoms with Crippen LogP contribution >= 0.6 is 22.6 Å². The maximum Gasteiger partial charge on any atom is 0.255 e. The number of likely N-dealkylation sites (tertiary alicyclic amines) is 1. The molecule has 1 aliphatic heterocycles. The van der Waals surface area contributed by atoms with Crippen molar-refractivity contribution in [2.75, 3.05) is 31.6 Å². The predicted molar refractivity (Wildman–Crippen MR) is 119 cm³/mol. The molecule has 0 spiro atoms. The molecule has 2 aromatic rings. The van der Waals surface area contributed by atoms with Crippen molar-refractivity contribution >= 4 is 34.2 Å². The Morgan fingerprint density at radius 3 is 2.56 bits per heavy atom. The lowest BCUT2D eigenvalue weighted by molar-refractivity contribution is 0.102. The fourth-order valence-electron chi connectivity index (χ4n) is 3.23. The summed E-state index contributed by atoms with van der Waals surface area (Å²) in [6.07, 6.45) is 5.08. The number of carbonyl (C=O) groups is 1. The van der Waals surface area contributed by atoms with Crippen LogP contribution in [0.5, 0.6) is 5.75 Å². The normalized spacial score (nSPS) is 14.7. The lowest BCUT2D eigenvalue weighted by atomic mass is 10.1. The zero-order chi connectivity index (χ0) is 19.1. The first-order valence-corrected chi connectivity index (χ1v) is 10.7. The van der Waals surface area contributed by atoms with Crippen LogP contribution in [0.2, 0.25) is 0 Å². The van der Waals surface area contributed by atoms with Crippen LogP contribution < -0.4 is 10.1 Å². The lowest BCUT2D eigenvalue weighted by Gasteiger charge is -2.26. The Morgan fingerprint density at radius 2 is 1.85 bits per heavy atom. The van der Waals surface area contributed by atoms with E-state index in [2.05, 4.69) is 32.8 Å². The van der Waals surface area contributed by atoms with E-state index in [0.29, 0.717) is 5.56 Å². The summed E-state index contributed by atoms with van der Waals surface area (Å²) < 4.78 is 6.92. The van der Waals surface area contributed by atoms with Gasteiger partial charge in [0.25, 0.3) is 5.91 Å². The van der Waals surface area contributed by atoms with Crippen LogP contribution in [0.1, 0.15) is 41.6 Å². The van der Waals surface area contributed by atoms with Gasteiger partial charge in [0.05, 0.1) is 6.61 Å². The Kier molecular flexibility index (Phi) is 7.52. The van der Waals surface area contributed by atoms with Gasteiger partial charge >= 0.3 is 0 Å². The van der Waals surface area contributed by atoms with Crippen molar-refractivity contribution in [3.8, 4) is 5.75 Å². The molecular formula is C22H27IN2O2. The van der Waals surface area contributed by atoms with Crippen molar-refractivity contribution < 1.29 is 9.53 Å². The van der Waals surface area contributed by atoms with Gasteiger partial charge in [0, 0.05) is 21.4 Å². The molecule has 1 amide bonds. The molecule has 144 valence electrons. The maximum atomic E-state index is 12.4. The quantitative estimate of drug-likeness (QED) is 0.445. The van der Waals surface area contributed by atoms with E-state index in [1.54, 1.807) is 0 Å². The largest absolute Gasteiger partial charge is 0.494 e. The fourth-order valence-corrected chi connectivity index (χ4v) is 3.75. The summed E-state index contributed by atoms with van der Waals surface area (Å²) in [5, 5.41) is 2.94. The van der Waals surface area contributed by atoms with Crippen LogP contribution in [0.15, 0.2) is 42.5 Å². The molecule has 0 atom stereocenters. The van der Waals surface area contributed by atoms with Crippen molar-refractivity contribution in [2.45, 2.75) is 32.6 Å². The molecule has 0 radical (unpaired) electrons. The number of ether oxygens (including phenoxy) is 1. The SMILES string of the molecule is Cc1ccc(C(=O)Nc2ccc(OCCCN3CCCCC3)cc2)cc1I. The first-order chi connectivity index (χ1) is 13.1. The number of piperidine rings is 1. The smallest absolute Gasteiger partial charge is 0.255 e. The molecule has 0 bridgehead atoms. The highest BCUT2D eigenvalue weighted by Gasteiger charge is 2.10. The lowest BCUT2D eigenvalue weighted by Crippen LogP contribution is -2.31. The van der Waals surface area contributed by atoms with E-state index >= 15 is 0 Å². The van der Waals surface area contributed by atoms with Crippen LogP contribution in [-0.2, 0) is 0 Å². The van der Waals surface area contributed by atoms with E-state index in [9.17, 15) is 4.79 Å². The number of hydrogen-bond acceptors (Lipinski definition) is 3. The van der Waals surface area contributed by atoms with Crippen molar-refractivity contribution in [2.24, 2.45) is 0 Å². The summed E-state index contributed by atoms with van der Waals surface area (Å²) in [7, 11) is 0. The standard InChI is InChI=1S/C22H27IN2O2/c1-17-6-7-18(16-21(17)23)22(26)24-19-8-10-20(11-9-19)27-15-5-14-25-12-3-2-4-13-25/h6-11,16H,2-5,12-15H2,1H3,(H,24,26). The number of amides is 1. The zero-order valence-electron chi connectivity index (χ0n) is 15.8. The molecule has 4 nitrogen and oxygen atoms in total. The van der Waals surface area contributed by atoms with Gasteiger partial charge in [0.15, 0.2) is 0 Å². The molecule has 27 heavy (non-hydrogen) atoms. The summed E-state index contributed by atoms with van der Waals surface area (Å²) in [5.41, 5.74) is 2.62. The molecular weight excluding hydrogens is 451 g/mol. The van der Waals surface area contributed by atoms with Crippen molar-refractivity contribution in [3.05, 3.63) is 57.2 Å². The first-order valence-electron chi connectivity index (χ1n) is 9.64. The van der Waals surface area contributed by atoms with E-state index in [1.165, 1.54) is 37.9 Å². The van der Waals surface area contributed by atoms with Crippen molar-refractivity contribution in [1.82, 2.24) is 4.90 Å². The minimum Gasteiger partial charge on any atom is -0.494 e. The molecule has 3 rings (SSSR count). The third-order valence-corrected chi connectivity index (χ3v) is 6.04. The van der Waals surface area contributed by atoms with Gasteiger partial charge in [-0.2, -0.15) is 0 Å². The Bertz CT molecular complexity index is 755. The van der Waals surface area contributed by atoms with Crippen LogP contribution in [-0.4, -0.2) is 37.0 Å². The van der Waals surface area contributed by atoms with Gasteiger partial charge in [-0.3, -0.25) is 4.79 Å². The number of halogens is 1. The highest BCUT2D eigenvalue weighted by Crippen LogP contribution is 2.18. The predicted octanol–water partition coefficient (Wildman–Crippen LogP) is 5.11. The summed E-state index contributed by atoms with van der Waals surface area (Å²) >= 11 is 2.25. The van der Waals surface area contributed by atoms with E-state index < -0.39 is 0 Å². The van der Waals surface area contributed by atoms with Crippen molar-refractivity contribution in [3.63, 3.8) is 0 Å². The van der Waals surface area contributed by atoms with Crippen LogP contribution in [0.4, 0.5) is 5.69 Å². The van der Waals surface area contributed by atoms with Crippen molar-refractivity contribution in [1.29, 1.82) is 0 Å². The van der Waals surface area contributed by atoms with Gasteiger partial charge in [-0.15, -0.1) is 0 Å². The first kappa shape index (κ1) is 20.1. The second kappa shape index (κ2) is 10.1. The van der Waals surface area contributed by atoms with E-state index in [0.717, 1.165) is 34.6 Å². The molecule has 1 fully saturated rings. The molecule has 0 unspecified atom stereocenters. The minimum absolute atomic E-state index is 0.0943. The summed E-state index contributed by atoms with van der Waals surface area (Å²) in [4.78, 5) is 14.9. The molecule has 1 heterocycles. The van der Waals surface area contributed by atoms with Crippen LogP contribution in [0.3, 0.4) is 0 Å². The highest BCUT2D eigenvalue weighted by molar-refractivity contribution is 14.1. The second-order valence-corrected chi connectivity index (χ2v) is 8.21. The van der Waals surface area contributed by atoms with Gasteiger partial charge in [0.1, 0.15) is 5.75 Å². The summed E-state index contributed by atoms with van der Waals surface area (Å²) in [5.74, 6) is 0.750. The van der Waals surface area contributed by atoms with Gasteiger partial charge in [-0.05, 0) is 104 Å². The van der Waals surface area contributed by atoms with E-state index in [4.69, 9.17) is 4.74 Å². The number of rotatable bonds is 7. The van der Waals surface area contributed by atoms with Gasteiger partial charge in [-0.1, -0.05) is 12.5 Å². The Labute approximate surface area is 175 Å². The molecule has 1 saturated heterocycles. The molecule has 0 saturated carbocycles. The summed E-state index contributed by atoms with van der Waals surface area (Å²) in [6.45, 7) is 6.34.